The molecule has 4 nitrogen and oxygen atoms in total. The molecule has 0 aliphatic carbocycles. The summed E-state index contributed by atoms with van der Waals surface area (Å²) in [7, 11) is 0. The number of amides is 1. The van der Waals surface area contributed by atoms with Crippen LogP contribution >= 0.6 is 24.0 Å². The fourth-order valence-electron chi connectivity index (χ4n) is 2.56. The Morgan fingerprint density at radius 3 is 2.76 bits per heavy atom. The van der Waals surface area contributed by atoms with Gasteiger partial charge in [-0.25, -0.2) is 0 Å². The van der Waals surface area contributed by atoms with Gasteiger partial charge in [0.25, 0.3) is 0 Å². The van der Waals surface area contributed by atoms with E-state index in [2.05, 4.69) is 10.6 Å². The number of hydrogen-bond acceptors (Lipinski definition) is 3. The van der Waals surface area contributed by atoms with Crippen LogP contribution in [0.15, 0.2) is 18.2 Å². The summed E-state index contributed by atoms with van der Waals surface area (Å²) in [6.07, 6.45) is 2.69. The highest BCUT2D eigenvalue weighted by molar-refractivity contribution is 6.32. The van der Waals surface area contributed by atoms with Gasteiger partial charge in [0.2, 0.25) is 5.91 Å². The highest BCUT2D eigenvalue weighted by Crippen LogP contribution is 2.29. The Morgan fingerprint density at radius 1 is 1.48 bits per heavy atom. The van der Waals surface area contributed by atoms with E-state index in [0.29, 0.717) is 23.1 Å². The third kappa shape index (κ3) is 4.02. The number of nitrogens with one attached hydrogen (secondary N) is 2. The first kappa shape index (κ1) is 18.1. The zero-order valence-corrected chi connectivity index (χ0v) is 13.9. The van der Waals surface area contributed by atoms with Crippen LogP contribution in [0.2, 0.25) is 5.02 Å². The van der Waals surface area contributed by atoms with Crippen LogP contribution in [0.25, 0.3) is 0 Å². The summed E-state index contributed by atoms with van der Waals surface area (Å²) in [6, 6.07) is 5.32. The molecule has 0 radical (unpaired) electrons. The van der Waals surface area contributed by atoms with Gasteiger partial charge in [0.1, 0.15) is 5.75 Å². The molecule has 1 amide bonds. The van der Waals surface area contributed by atoms with Crippen molar-refractivity contribution in [1.29, 1.82) is 0 Å². The predicted octanol–water partition coefficient (Wildman–Crippen LogP) is 3.63. The van der Waals surface area contributed by atoms with E-state index in [4.69, 9.17) is 16.3 Å². The van der Waals surface area contributed by atoms with Gasteiger partial charge in [-0.2, -0.15) is 0 Å². The van der Waals surface area contributed by atoms with Crippen molar-refractivity contribution < 1.29 is 9.53 Å². The van der Waals surface area contributed by atoms with Gasteiger partial charge >= 0.3 is 0 Å². The van der Waals surface area contributed by atoms with E-state index in [1.165, 1.54) is 0 Å². The van der Waals surface area contributed by atoms with Gasteiger partial charge in [-0.15, -0.1) is 12.4 Å². The van der Waals surface area contributed by atoms with Crippen molar-refractivity contribution in [2.75, 3.05) is 18.5 Å². The minimum atomic E-state index is -0.439. The summed E-state index contributed by atoms with van der Waals surface area (Å²) in [5.41, 5.74) is 0.260. The fourth-order valence-corrected chi connectivity index (χ4v) is 2.80. The van der Waals surface area contributed by atoms with E-state index < -0.39 is 5.54 Å². The third-order valence-electron chi connectivity index (χ3n) is 3.77. The van der Waals surface area contributed by atoms with Crippen molar-refractivity contribution in [3.8, 4) is 5.75 Å². The molecule has 118 valence electrons. The number of ether oxygens (including phenoxy) is 1. The smallest absolute Gasteiger partial charge is 0.244 e. The molecular weight excluding hydrogens is 311 g/mol. The number of carbonyl (C=O) groups excluding carboxylic acids is 1. The quantitative estimate of drug-likeness (QED) is 0.865. The van der Waals surface area contributed by atoms with Crippen molar-refractivity contribution in [3.63, 3.8) is 0 Å². The average molecular weight is 333 g/mol. The van der Waals surface area contributed by atoms with E-state index >= 15 is 0 Å². The molecule has 1 heterocycles. The lowest BCUT2D eigenvalue weighted by atomic mass is 9.93. The Bertz CT molecular complexity index is 489. The van der Waals surface area contributed by atoms with Crippen LogP contribution < -0.4 is 15.4 Å². The molecule has 1 aromatic carbocycles. The summed E-state index contributed by atoms with van der Waals surface area (Å²) in [5.74, 6) is 0.647. The molecule has 1 saturated heterocycles. The molecule has 0 bridgehead atoms. The van der Waals surface area contributed by atoms with Crippen LogP contribution in [0.4, 0.5) is 5.69 Å². The SMILES string of the molecule is CCOc1ccc(NC(=O)C2(CC)CCCN2)cc1Cl.Cl. The Balaban J connectivity index is 0.00000220. The Labute approximate surface area is 137 Å². The van der Waals surface area contributed by atoms with E-state index in [1.54, 1.807) is 12.1 Å². The molecule has 1 unspecified atom stereocenters. The Hall–Kier alpha value is -0.970. The van der Waals surface area contributed by atoms with E-state index in [-0.39, 0.29) is 18.3 Å². The first-order valence-corrected chi connectivity index (χ1v) is 7.48. The van der Waals surface area contributed by atoms with Crippen molar-refractivity contribution >= 4 is 35.6 Å². The van der Waals surface area contributed by atoms with Crippen molar-refractivity contribution in [1.82, 2.24) is 5.32 Å². The van der Waals surface area contributed by atoms with Crippen LogP contribution in [0.1, 0.15) is 33.1 Å². The highest BCUT2D eigenvalue weighted by atomic mass is 35.5. The van der Waals surface area contributed by atoms with Gasteiger partial charge in [-0.3, -0.25) is 4.79 Å². The molecule has 0 aromatic heterocycles. The van der Waals surface area contributed by atoms with Gasteiger partial charge in [0, 0.05) is 5.69 Å². The lowest BCUT2D eigenvalue weighted by molar-refractivity contribution is -0.122. The summed E-state index contributed by atoms with van der Waals surface area (Å²) in [6.45, 7) is 5.39. The average Bonchev–Trinajstić information content (AvgIpc) is 2.92. The molecule has 1 aliphatic rings. The van der Waals surface area contributed by atoms with Gasteiger partial charge in [0.05, 0.1) is 17.2 Å². The molecule has 6 heteroatoms. The molecular formula is C15H22Cl2N2O2. The maximum Gasteiger partial charge on any atom is 0.244 e. The highest BCUT2D eigenvalue weighted by Gasteiger charge is 2.39. The first-order valence-electron chi connectivity index (χ1n) is 7.10. The molecule has 1 aromatic rings. The van der Waals surface area contributed by atoms with Gasteiger partial charge in [-0.1, -0.05) is 18.5 Å². The summed E-state index contributed by atoms with van der Waals surface area (Å²) >= 11 is 6.13. The topological polar surface area (TPSA) is 50.4 Å². The van der Waals surface area contributed by atoms with Crippen LogP contribution in [-0.4, -0.2) is 24.6 Å². The molecule has 2 rings (SSSR count). The molecule has 1 aliphatic heterocycles. The number of halogens is 2. The standard InChI is InChI=1S/C15H21ClN2O2.ClH/c1-3-15(8-5-9-17-15)14(19)18-11-6-7-13(20-4-2)12(16)10-11;/h6-7,10,17H,3-5,8-9H2,1-2H3,(H,18,19);1H. The van der Waals surface area contributed by atoms with E-state index in [1.807, 2.05) is 19.9 Å². The number of rotatable bonds is 5. The third-order valence-corrected chi connectivity index (χ3v) is 4.07. The van der Waals surface area contributed by atoms with E-state index in [9.17, 15) is 4.79 Å². The summed E-state index contributed by atoms with van der Waals surface area (Å²) < 4.78 is 5.38. The van der Waals surface area contributed by atoms with Crippen molar-refractivity contribution in [2.24, 2.45) is 0 Å². The van der Waals surface area contributed by atoms with Crippen LogP contribution in [-0.2, 0) is 4.79 Å². The van der Waals surface area contributed by atoms with Crippen LogP contribution in [0.3, 0.4) is 0 Å². The van der Waals surface area contributed by atoms with E-state index in [0.717, 1.165) is 25.8 Å². The monoisotopic (exact) mass is 332 g/mol. The maximum absolute atomic E-state index is 12.4. The molecule has 0 spiro atoms. The number of benzene rings is 1. The van der Waals surface area contributed by atoms with Gasteiger partial charge in [-0.05, 0) is 50.9 Å². The van der Waals surface area contributed by atoms with Crippen molar-refractivity contribution in [2.45, 2.75) is 38.6 Å². The predicted molar refractivity (Wildman–Crippen MR) is 88.8 cm³/mol. The summed E-state index contributed by atoms with van der Waals surface area (Å²) in [5, 5.41) is 6.77. The molecule has 1 fully saturated rings. The molecule has 0 saturated carbocycles. The van der Waals surface area contributed by atoms with Crippen LogP contribution in [0.5, 0.6) is 5.75 Å². The normalized spacial score (nSPS) is 20.7. The minimum Gasteiger partial charge on any atom is -0.492 e. The second-order valence-electron chi connectivity index (χ2n) is 5.00. The van der Waals surface area contributed by atoms with Crippen LogP contribution in [0, 0.1) is 0 Å². The molecule has 1 atom stereocenters. The molecule has 2 N–H and O–H groups in total. The fraction of sp³-hybridized carbons (Fsp3) is 0.533. The number of anilines is 1. The first-order chi connectivity index (χ1) is 9.61. The second-order valence-corrected chi connectivity index (χ2v) is 5.41. The Morgan fingerprint density at radius 2 is 2.24 bits per heavy atom. The van der Waals surface area contributed by atoms with Gasteiger partial charge in [0.15, 0.2) is 0 Å². The zero-order chi connectivity index (χ0) is 14.6. The molecule has 21 heavy (non-hydrogen) atoms. The maximum atomic E-state index is 12.4. The number of hydrogen-bond donors (Lipinski definition) is 2. The summed E-state index contributed by atoms with van der Waals surface area (Å²) in [4.78, 5) is 12.4. The lowest BCUT2D eigenvalue weighted by Crippen LogP contribution is -2.50. The zero-order valence-electron chi connectivity index (χ0n) is 12.4. The van der Waals surface area contributed by atoms with Crippen molar-refractivity contribution in [3.05, 3.63) is 23.2 Å². The van der Waals surface area contributed by atoms with Gasteiger partial charge < -0.3 is 15.4 Å². The lowest BCUT2D eigenvalue weighted by Gasteiger charge is -2.26. The number of carbonyl (C=O) groups is 1. The minimum absolute atomic E-state index is 0. The Kier molecular flexibility index (Phi) is 6.78. The largest absolute Gasteiger partial charge is 0.492 e. The second kappa shape index (κ2) is 7.87.